The third-order valence-corrected chi connectivity index (χ3v) is 7.14. The van der Waals surface area contributed by atoms with Crippen LogP contribution in [0, 0.1) is 34.5 Å². The molecule has 0 radical (unpaired) electrons. The first kappa shape index (κ1) is 13.7. The Labute approximate surface area is 118 Å². The van der Waals surface area contributed by atoms with E-state index >= 15 is 0 Å². The van der Waals surface area contributed by atoms with E-state index in [9.17, 15) is 5.11 Å². The molecule has 19 heavy (non-hydrogen) atoms. The van der Waals surface area contributed by atoms with Crippen LogP contribution in [0.2, 0.25) is 0 Å². The summed E-state index contributed by atoms with van der Waals surface area (Å²) in [5, 5.41) is 10.3. The van der Waals surface area contributed by atoms with Gasteiger partial charge in [-0.25, -0.2) is 0 Å². The molecule has 0 aromatic heterocycles. The van der Waals surface area contributed by atoms with Gasteiger partial charge in [-0.2, -0.15) is 0 Å². The van der Waals surface area contributed by atoms with Crippen molar-refractivity contribution in [3.8, 4) is 0 Å². The van der Waals surface area contributed by atoms with Crippen LogP contribution in [-0.2, 0) is 0 Å². The molecule has 5 atom stereocenters. The summed E-state index contributed by atoms with van der Waals surface area (Å²) >= 11 is 0. The average molecular weight is 262 g/mol. The zero-order valence-electron chi connectivity index (χ0n) is 13.1. The normalized spacial score (nSPS) is 48.4. The zero-order chi connectivity index (χ0) is 13.8. The van der Waals surface area contributed by atoms with Crippen molar-refractivity contribution in [2.24, 2.45) is 34.5 Å². The van der Waals surface area contributed by atoms with Crippen LogP contribution in [0.15, 0.2) is 11.6 Å². The van der Waals surface area contributed by atoms with Crippen LogP contribution >= 0.6 is 0 Å². The average Bonchev–Trinajstić information content (AvgIpc) is 2.90. The van der Waals surface area contributed by atoms with Gasteiger partial charge >= 0.3 is 0 Å². The van der Waals surface area contributed by atoms with Crippen LogP contribution in [0.1, 0.15) is 59.8 Å². The molecule has 108 valence electrons. The number of hydrogen-bond acceptors (Lipinski definition) is 1. The molecule has 0 saturated heterocycles. The summed E-state index contributed by atoms with van der Waals surface area (Å²) < 4.78 is 0. The van der Waals surface area contributed by atoms with Gasteiger partial charge in [0.1, 0.15) is 0 Å². The number of allylic oxidation sites excluding steroid dienone is 2. The molecule has 1 N–H and O–H groups in total. The molecule has 2 fully saturated rings. The van der Waals surface area contributed by atoms with Crippen LogP contribution in [0.25, 0.3) is 0 Å². The van der Waals surface area contributed by atoms with Gasteiger partial charge in [-0.05, 0) is 68.1 Å². The number of rotatable bonds is 2. The summed E-state index contributed by atoms with van der Waals surface area (Å²) in [6, 6.07) is 0. The third kappa shape index (κ3) is 1.77. The fourth-order valence-corrected chi connectivity index (χ4v) is 6.16. The van der Waals surface area contributed by atoms with Crippen molar-refractivity contribution in [1.82, 2.24) is 0 Å². The Balaban J connectivity index is 1.99. The third-order valence-electron chi connectivity index (χ3n) is 7.14. The van der Waals surface area contributed by atoms with Gasteiger partial charge in [0.05, 0.1) is 0 Å². The Kier molecular flexibility index (Phi) is 3.13. The summed E-state index contributed by atoms with van der Waals surface area (Å²) in [7, 11) is 0. The van der Waals surface area contributed by atoms with E-state index in [1.807, 2.05) is 0 Å². The van der Waals surface area contributed by atoms with Gasteiger partial charge in [-0.1, -0.05) is 32.4 Å². The predicted molar refractivity (Wildman–Crippen MR) is 79.8 cm³/mol. The van der Waals surface area contributed by atoms with Crippen LogP contribution in [0.4, 0.5) is 0 Å². The Hall–Kier alpha value is -0.300. The van der Waals surface area contributed by atoms with Crippen molar-refractivity contribution in [3.63, 3.8) is 0 Å². The highest BCUT2D eigenvalue weighted by molar-refractivity contribution is 5.17. The minimum atomic E-state index is 0.156. The van der Waals surface area contributed by atoms with Crippen LogP contribution in [0.5, 0.6) is 0 Å². The first-order chi connectivity index (χ1) is 8.91. The van der Waals surface area contributed by atoms with Crippen molar-refractivity contribution in [2.75, 3.05) is 6.61 Å². The molecule has 0 aliphatic heterocycles. The van der Waals surface area contributed by atoms with Gasteiger partial charge in [0.15, 0.2) is 0 Å². The second kappa shape index (κ2) is 4.35. The standard InChI is InChI=1S/C18H30O/c1-12-7-8-18(11-19,13(2)9-12)16-14-5-6-15(10-14)17(16,3)4/h9,13-16,19H,5-8,10-11H2,1-4H3. The molecule has 5 unspecified atom stereocenters. The molecule has 3 aliphatic rings. The molecule has 0 amide bonds. The van der Waals surface area contributed by atoms with Crippen molar-refractivity contribution in [3.05, 3.63) is 11.6 Å². The van der Waals surface area contributed by atoms with E-state index in [0.717, 1.165) is 17.8 Å². The lowest BCUT2D eigenvalue weighted by molar-refractivity contribution is -0.0701. The lowest BCUT2D eigenvalue weighted by Gasteiger charge is -2.54. The van der Waals surface area contributed by atoms with Gasteiger partial charge in [0.2, 0.25) is 0 Å². The van der Waals surface area contributed by atoms with Gasteiger partial charge in [-0.3, -0.25) is 0 Å². The van der Waals surface area contributed by atoms with Crippen molar-refractivity contribution < 1.29 is 5.11 Å². The summed E-state index contributed by atoms with van der Waals surface area (Å²) in [5.41, 5.74) is 2.11. The van der Waals surface area contributed by atoms with Crippen molar-refractivity contribution in [2.45, 2.75) is 59.8 Å². The molecule has 1 heteroatoms. The summed E-state index contributed by atoms with van der Waals surface area (Å²) in [4.78, 5) is 0. The molecule has 0 aromatic carbocycles. The highest BCUT2D eigenvalue weighted by Crippen LogP contribution is 2.67. The number of fused-ring (bicyclic) bond motifs is 2. The zero-order valence-corrected chi connectivity index (χ0v) is 13.1. The Morgan fingerprint density at radius 1 is 1.32 bits per heavy atom. The van der Waals surface area contributed by atoms with Gasteiger partial charge in [0, 0.05) is 12.0 Å². The molecule has 0 heterocycles. The minimum Gasteiger partial charge on any atom is -0.396 e. The first-order valence-corrected chi connectivity index (χ1v) is 8.20. The fraction of sp³-hybridized carbons (Fsp3) is 0.889. The Bertz CT molecular complexity index is 394. The molecule has 1 nitrogen and oxygen atoms in total. The van der Waals surface area contributed by atoms with Crippen LogP contribution in [-0.4, -0.2) is 11.7 Å². The number of aliphatic hydroxyl groups excluding tert-OH is 1. The summed E-state index contributed by atoms with van der Waals surface area (Å²) in [5.74, 6) is 3.05. The largest absolute Gasteiger partial charge is 0.396 e. The molecule has 0 aromatic rings. The minimum absolute atomic E-state index is 0.156. The first-order valence-electron chi connectivity index (χ1n) is 8.20. The maximum absolute atomic E-state index is 10.3. The van der Waals surface area contributed by atoms with E-state index < -0.39 is 0 Å². The van der Waals surface area contributed by atoms with Gasteiger partial charge < -0.3 is 5.11 Å². The molecule has 2 saturated carbocycles. The van der Waals surface area contributed by atoms with E-state index in [-0.39, 0.29) is 5.41 Å². The van der Waals surface area contributed by atoms with E-state index in [1.165, 1.54) is 37.7 Å². The maximum Gasteiger partial charge on any atom is 0.0496 e. The van der Waals surface area contributed by atoms with E-state index in [2.05, 4.69) is 33.8 Å². The second-order valence-corrected chi connectivity index (χ2v) is 8.26. The fourth-order valence-electron chi connectivity index (χ4n) is 6.16. The van der Waals surface area contributed by atoms with Crippen molar-refractivity contribution in [1.29, 1.82) is 0 Å². The smallest absolute Gasteiger partial charge is 0.0496 e. The molecular weight excluding hydrogens is 232 g/mol. The van der Waals surface area contributed by atoms with E-state index in [1.54, 1.807) is 0 Å². The number of aliphatic hydroxyl groups is 1. The molecule has 0 spiro atoms. The monoisotopic (exact) mass is 262 g/mol. The molecular formula is C18H30O. The second-order valence-electron chi connectivity index (χ2n) is 8.26. The van der Waals surface area contributed by atoms with Crippen LogP contribution < -0.4 is 0 Å². The summed E-state index contributed by atoms with van der Waals surface area (Å²) in [6.45, 7) is 9.95. The topological polar surface area (TPSA) is 20.2 Å². The van der Waals surface area contributed by atoms with Crippen LogP contribution in [0.3, 0.4) is 0 Å². The predicted octanol–water partition coefficient (Wildman–Crippen LogP) is 4.41. The highest BCUT2D eigenvalue weighted by Gasteiger charge is 2.61. The molecule has 3 aliphatic carbocycles. The Morgan fingerprint density at radius 3 is 2.58 bits per heavy atom. The lowest BCUT2D eigenvalue weighted by atomic mass is 9.51. The summed E-state index contributed by atoms with van der Waals surface area (Å²) in [6.07, 6.45) is 9.10. The van der Waals surface area contributed by atoms with Gasteiger partial charge in [0.25, 0.3) is 0 Å². The van der Waals surface area contributed by atoms with Gasteiger partial charge in [-0.15, -0.1) is 0 Å². The highest BCUT2D eigenvalue weighted by atomic mass is 16.3. The van der Waals surface area contributed by atoms with E-state index in [4.69, 9.17) is 0 Å². The lowest BCUT2D eigenvalue weighted by Crippen LogP contribution is -2.50. The SMILES string of the molecule is CC1=CC(C)C(CO)(C2C3CCC(C3)C2(C)C)CC1. The Morgan fingerprint density at radius 2 is 2.05 bits per heavy atom. The molecule has 3 rings (SSSR count). The maximum atomic E-state index is 10.3. The number of hydrogen-bond donors (Lipinski definition) is 1. The quantitative estimate of drug-likeness (QED) is 0.731. The molecule has 2 bridgehead atoms. The van der Waals surface area contributed by atoms with Crippen molar-refractivity contribution >= 4 is 0 Å². The van der Waals surface area contributed by atoms with E-state index in [0.29, 0.717) is 17.9 Å².